The first-order valence-electron chi connectivity index (χ1n) is 4.21. The fourth-order valence-corrected chi connectivity index (χ4v) is 2.53. The highest BCUT2D eigenvalue weighted by Gasteiger charge is 2.09. The van der Waals surface area contributed by atoms with E-state index in [9.17, 15) is 4.39 Å². The van der Waals surface area contributed by atoms with Gasteiger partial charge < -0.3 is 4.74 Å². The van der Waals surface area contributed by atoms with Gasteiger partial charge >= 0.3 is 0 Å². The summed E-state index contributed by atoms with van der Waals surface area (Å²) in [5.41, 5.74) is 0. The first kappa shape index (κ1) is 14.0. The first-order valence-corrected chi connectivity index (χ1v) is 6.33. The van der Waals surface area contributed by atoms with Crippen LogP contribution in [0.5, 0.6) is 5.75 Å². The molecule has 0 N–H and O–H groups in total. The van der Waals surface area contributed by atoms with E-state index < -0.39 is 5.82 Å². The Morgan fingerprint density at radius 3 is 2.69 bits per heavy atom. The summed E-state index contributed by atoms with van der Waals surface area (Å²) in [4.78, 5) is 0.689. The topological polar surface area (TPSA) is 9.23 Å². The molecule has 0 radical (unpaired) electrons. The Bertz CT molecular complexity index is 382. The van der Waals surface area contributed by atoms with E-state index in [2.05, 4.69) is 0 Å². The van der Waals surface area contributed by atoms with Gasteiger partial charge in [0.2, 0.25) is 0 Å². The molecule has 0 aromatic heterocycles. The van der Waals surface area contributed by atoms with Crippen molar-refractivity contribution in [1.29, 1.82) is 0 Å². The van der Waals surface area contributed by atoms with Gasteiger partial charge in [-0.05, 0) is 18.2 Å². The second kappa shape index (κ2) is 6.60. The maximum Gasteiger partial charge on any atom is 0.173 e. The third kappa shape index (κ3) is 4.06. The van der Waals surface area contributed by atoms with E-state index >= 15 is 0 Å². The molecule has 0 bridgehead atoms. The molecule has 1 rings (SSSR count). The van der Waals surface area contributed by atoms with Crippen molar-refractivity contribution < 1.29 is 9.13 Å². The highest BCUT2D eigenvalue weighted by Crippen LogP contribution is 2.32. The van der Waals surface area contributed by atoms with Gasteiger partial charge in [0.05, 0.1) is 12.1 Å². The Hall–Kier alpha value is -0.0900. The van der Waals surface area contributed by atoms with Gasteiger partial charge in [0.25, 0.3) is 0 Å². The summed E-state index contributed by atoms with van der Waals surface area (Å²) in [6.45, 7) is 0. The molecular formula is C10H8Cl3FOS. The number of hydrogen-bond acceptors (Lipinski definition) is 2. The summed E-state index contributed by atoms with van der Waals surface area (Å²) in [6.07, 6.45) is 1.61. The monoisotopic (exact) mass is 300 g/mol. The van der Waals surface area contributed by atoms with Crippen molar-refractivity contribution in [3.63, 3.8) is 0 Å². The molecule has 0 fully saturated rings. The average molecular weight is 302 g/mol. The zero-order valence-corrected chi connectivity index (χ0v) is 11.4. The highest BCUT2D eigenvalue weighted by molar-refractivity contribution is 7.99. The van der Waals surface area contributed by atoms with Crippen LogP contribution in [-0.4, -0.2) is 12.9 Å². The van der Waals surface area contributed by atoms with Gasteiger partial charge in [-0.3, -0.25) is 0 Å². The normalized spacial score (nSPS) is 10.1. The molecule has 0 unspecified atom stereocenters. The van der Waals surface area contributed by atoms with Crippen LogP contribution in [-0.2, 0) is 0 Å². The maximum atomic E-state index is 13.4. The molecule has 0 saturated heterocycles. The molecule has 0 atom stereocenters. The average Bonchev–Trinajstić information content (AvgIpc) is 2.16. The van der Waals surface area contributed by atoms with Gasteiger partial charge in [-0.1, -0.05) is 34.8 Å². The third-order valence-electron chi connectivity index (χ3n) is 1.66. The quantitative estimate of drug-likeness (QED) is 0.732. The SMILES string of the molecule is COc1c(F)cc(SCC=C(Cl)Cl)cc1Cl. The van der Waals surface area contributed by atoms with Gasteiger partial charge in [0.15, 0.2) is 11.6 Å². The molecule has 0 heterocycles. The Morgan fingerprint density at radius 2 is 2.19 bits per heavy atom. The van der Waals surface area contributed by atoms with Crippen LogP contribution < -0.4 is 4.74 Å². The van der Waals surface area contributed by atoms with Crippen LogP contribution >= 0.6 is 46.6 Å². The van der Waals surface area contributed by atoms with E-state index in [-0.39, 0.29) is 15.3 Å². The van der Waals surface area contributed by atoms with Crippen LogP contribution in [0, 0.1) is 5.82 Å². The summed E-state index contributed by atoms with van der Waals surface area (Å²) in [7, 11) is 1.37. The predicted octanol–water partition coefficient (Wildman–Crippen LogP) is 4.90. The van der Waals surface area contributed by atoms with Crippen LogP contribution in [0.1, 0.15) is 0 Å². The van der Waals surface area contributed by atoms with Gasteiger partial charge in [-0.15, -0.1) is 11.8 Å². The van der Waals surface area contributed by atoms with Crippen LogP contribution in [0.3, 0.4) is 0 Å². The first-order chi connectivity index (χ1) is 7.54. The Balaban J connectivity index is 2.80. The lowest BCUT2D eigenvalue weighted by Crippen LogP contribution is -1.90. The minimum Gasteiger partial charge on any atom is -0.492 e. The molecule has 0 aliphatic rings. The predicted molar refractivity (Wildman–Crippen MR) is 68.5 cm³/mol. The number of ether oxygens (including phenoxy) is 1. The minimum atomic E-state index is -0.488. The molecule has 1 aromatic carbocycles. The van der Waals surface area contributed by atoms with Crippen molar-refractivity contribution in [3.05, 3.63) is 33.5 Å². The van der Waals surface area contributed by atoms with Gasteiger partial charge in [0.1, 0.15) is 4.49 Å². The number of rotatable bonds is 4. The molecule has 16 heavy (non-hydrogen) atoms. The van der Waals surface area contributed by atoms with E-state index in [1.54, 1.807) is 12.1 Å². The molecule has 6 heteroatoms. The summed E-state index contributed by atoms with van der Waals surface area (Å²) in [5.74, 6) is 0.111. The Morgan fingerprint density at radius 1 is 1.50 bits per heavy atom. The molecule has 0 aliphatic heterocycles. The molecule has 0 saturated carbocycles. The summed E-state index contributed by atoms with van der Waals surface area (Å²) in [6, 6.07) is 2.98. The minimum absolute atomic E-state index is 0.0527. The fraction of sp³-hybridized carbons (Fsp3) is 0.200. The van der Waals surface area contributed by atoms with E-state index in [1.807, 2.05) is 0 Å². The van der Waals surface area contributed by atoms with Crippen molar-refractivity contribution in [2.45, 2.75) is 4.90 Å². The van der Waals surface area contributed by atoms with Crippen molar-refractivity contribution in [3.8, 4) is 5.75 Å². The Kier molecular flexibility index (Phi) is 5.76. The van der Waals surface area contributed by atoms with Gasteiger partial charge in [-0.2, -0.15) is 0 Å². The van der Waals surface area contributed by atoms with Crippen LogP contribution in [0.15, 0.2) is 27.6 Å². The third-order valence-corrected chi connectivity index (χ3v) is 3.16. The van der Waals surface area contributed by atoms with Crippen molar-refractivity contribution in [2.24, 2.45) is 0 Å². The molecule has 0 spiro atoms. The molecular weight excluding hydrogens is 294 g/mol. The molecule has 1 nitrogen and oxygen atoms in total. The van der Waals surface area contributed by atoms with Gasteiger partial charge in [0, 0.05) is 10.6 Å². The summed E-state index contributed by atoms with van der Waals surface area (Å²) < 4.78 is 18.4. The van der Waals surface area contributed by atoms with Crippen molar-refractivity contribution in [1.82, 2.24) is 0 Å². The molecule has 0 aliphatic carbocycles. The van der Waals surface area contributed by atoms with Crippen LogP contribution in [0.2, 0.25) is 5.02 Å². The van der Waals surface area contributed by atoms with Crippen LogP contribution in [0.4, 0.5) is 4.39 Å². The lowest BCUT2D eigenvalue weighted by molar-refractivity contribution is 0.386. The van der Waals surface area contributed by atoms with Crippen LogP contribution in [0.25, 0.3) is 0 Å². The van der Waals surface area contributed by atoms with Crippen molar-refractivity contribution in [2.75, 3.05) is 12.9 Å². The molecule has 0 amide bonds. The summed E-state index contributed by atoms with van der Waals surface area (Å²) >= 11 is 18.1. The lowest BCUT2D eigenvalue weighted by atomic mass is 10.3. The standard InChI is InChI=1S/C10H8Cl3FOS/c1-15-10-7(11)4-6(5-8(10)14)16-3-2-9(12)13/h2,4-5H,3H2,1H3. The van der Waals surface area contributed by atoms with E-state index in [4.69, 9.17) is 39.5 Å². The maximum absolute atomic E-state index is 13.4. The second-order valence-electron chi connectivity index (χ2n) is 2.72. The molecule has 88 valence electrons. The second-order valence-corrected chi connectivity index (χ2v) is 5.23. The zero-order valence-electron chi connectivity index (χ0n) is 8.27. The number of benzene rings is 1. The van der Waals surface area contributed by atoms with Crippen molar-refractivity contribution >= 4 is 46.6 Å². The zero-order chi connectivity index (χ0) is 12.1. The van der Waals surface area contributed by atoms with E-state index in [1.165, 1.54) is 24.9 Å². The summed E-state index contributed by atoms with van der Waals surface area (Å²) in [5, 5.41) is 0.242. The Labute approximate surface area is 113 Å². The lowest BCUT2D eigenvalue weighted by Gasteiger charge is -2.06. The number of thioether (sulfide) groups is 1. The van der Waals surface area contributed by atoms with E-state index in [0.29, 0.717) is 10.6 Å². The van der Waals surface area contributed by atoms with E-state index in [0.717, 1.165) is 0 Å². The highest BCUT2D eigenvalue weighted by atomic mass is 35.5. The largest absolute Gasteiger partial charge is 0.492 e. The number of halogens is 4. The number of methoxy groups -OCH3 is 1. The number of hydrogen-bond donors (Lipinski definition) is 0. The van der Waals surface area contributed by atoms with Gasteiger partial charge in [-0.25, -0.2) is 4.39 Å². The fourth-order valence-electron chi connectivity index (χ4n) is 1.02. The molecule has 1 aromatic rings. The smallest absolute Gasteiger partial charge is 0.173 e.